The van der Waals surface area contributed by atoms with Crippen molar-refractivity contribution in [1.82, 2.24) is 0 Å². The number of methoxy groups -OCH3 is 1. The summed E-state index contributed by atoms with van der Waals surface area (Å²) in [5.74, 6) is 0.121. The molecule has 152 valence electrons. The molecule has 0 heterocycles. The smallest absolute Gasteiger partial charge is 0.335 e. The Hall–Kier alpha value is -3.93. The van der Waals surface area contributed by atoms with E-state index in [1.165, 1.54) is 13.0 Å². The van der Waals surface area contributed by atoms with Crippen molar-refractivity contribution >= 4 is 23.7 Å². The van der Waals surface area contributed by atoms with Crippen LogP contribution in [0, 0.1) is 0 Å². The Morgan fingerprint density at radius 2 is 1.73 bits per heavy atom. The Morgan fingerprint density at radius 3 is 2.40 bits per heavy atom. The molecular formula is C24H21NO5. The minimum Gasteiger partial charge on any atom is -0.493 e. The number of aromatic carboxylic acids is 1. The molecule has 0 aliphatic carbocycles. The lowest BCUT2D eigenvalue weighted by Gasteiger charge is -2.11. The van der Waals surface area contributed by atoms with Crippen LogP contribution in [-0.4, -0.2) is 30.2 Å². The molecule has 0 radical (unpaired) electrons. The molecule has 0 bridgehead atoms. The van der Waals surface area contributed by atoms with Gasteiger partial charge in [-0.25, -0.2) is 4.79 Å². The van der Waals surface area contributed by atoms with Gasteiger partial charge in [0, 0.05) is 11.8 Å². The average molecular weight is 403 g/mol. The van der Waals surface area contributed by atoms with Crippen molar-refractivity contribution < 1.29 is 24.2 Å². The highest BCUT2D eigenvalue weighted by Gasteiger charge is 2.08. The van der Waals surface area contributed by atoms with Gasteiger partial charge in [-0.2, -0.15) is 0 Å². The minimum absolute atomic E-state index is 0.0144. The second-order valence-corrected chi connectivity index (χ2v) is 6.57. The molecule has 3 aromatic carbocycles. The van der Waals surface area contributed by atoms with Gasteiger partial charge in [0.2, 0.25) is 0 Å². The molecular weight excluding hydrogens is 382 g/mol. The summed E-state index contributed by atoms with van der Waals surface area (Å²) in [7, 11) is 1.55. The Morgan fingerprint density at radius 1 is 0.967 bits per heavy atom. The molecule has 3 rings (SSSR count). The zero-order chi connectivity index (χ0) is 21.5. The van der Waals surface area contributed by atoms with Crippen LogP contribution >= 0.6 is 0 Å². The average Bonchev–Trinajstić information content (AvgIpc) is 2.76. The number of carboxylic acids is 1. The van der Waals surface area contributed by atoms with E-state index in [-0.39, 0.29) is 18.0 Å². The summed E-state index contributed by atoms with van der Waals surface area (Å²) in [5, 5.41) is 9.09. The number of nitrogens with zero attached hydrogens (tertiary/aromatic N) is 1. The third kappa shape index (κ3) is 5.32. The monoisotopic (exact) mass is 403 g/mol. The Bertz CT molecular complexity index is 1090. The third-order valence-electron chi connectivity index (χ3n) is 4.39. The van der Waals surface area contributed by atoms with Gasteiger partial charge < -0.3 is 14.6 Å². The number of Topliss-reactive ketones (excluding diaryl/α,β-unsaturated/α-hetero) is 1. The van der Waals surface area contributed by atoms with Gasteiger partial charge in [-0.05, 0) is 72.6 Å². The number of aliphatic imine (C=N–C) groups is 1. The Labute approximate surface area is 174 Å². The van der Waals surface area contributed by atoms with Crippen molar-refractivity contribution in [2.45, 2.75) is 13.5 Å². The maximum Gasteiger partial charge on any atom is 0.335 e. The van der Waals surface area contributed by atoms with E-state index in [4.69, 9.17) is 14.6 Å². The van der Waals surface area contributed by atoms with Crippen molar-refractivity contribution in [2.75, 3.05) is 7.11 Å². The van der Waals surface area contributed by atoms with E-state index in [1.807, 2.05) is 6.07 Å². The van der Waals surface area contributed by atoms with Gasteiger partial charge in [0.15, 0.2) is 17.3 Å². The highest BCUT2D eigenvalue weighted by Crippen LogP contribution is 2.28. The normalized spacial score (nSPS) is 10.7. The number of hydrogen-bond acceptors (Lipinski definition) is 5. The Balaban J connectivity index is 1.70. The summed E-state index contributed by atoms with van der Waals surface area (Å²) >= 11 is 0. The van der Waals surface area contributed by atoms with E-state index in [0.717, 1.165) is 16.8 Å². The molecule has 0 spiro atoms. The predicted molar refractivity (Wildman–Crippen MR) is 114 cm³/mol. The van der Waals surface area contributed by atoms with Crippen LogP contribution in [0.2, 0.25) is 0 Å². The fraction of sp³-hybridized carbons (Fsp3) is 0.125. The lowest BCUT2D eigenvalue weighted by molar-refractivity contribution is 0.0696. The molecule has 6 nitrogen and oxygen atoms in total. The molecule has 0 saturated heterocycles. The van der Waals surface area contributed by atoms with Gasteiger partial charge in [0.1, 0.15) is 6.61 Å². The molecule has 0 fully saturated rings. The number of rotatable bonds is 8. The van der Waals surface area contributed by atoms with Crippen LogP contribution < -0.4 is 9.47 Å². The molecule has 0 aliphatic heterocycles. The van der Waals surface area contributed by atoms with Crippen LogP contribution in [0.5, 0.6) is 11.5 Å². The lowest BCUT2D eigenvalue weighted by atomic mass is 10.1. The molecule has 0 aliphatic rings. The zero-order valence-electron chi connectivity index (χ0n) is 16.7. The first-order chi connectivity index (χ1) is 14.5. The maximum atomic E-state index is 11.3. The summed E-state index contributed by atoms with van der Waals surface area (Å²) in [6, 6.07) is 19.1. The van der Waals surface area contributed by atoms with Crippen LogP contribution in [0.25, 0.3) is 0 Å². The van der Waals surface area contributed by atoms with Gasteiger partial charge in [-0.15, -0.1) is 0 Å². The molecule has 3 aromatic rings. The molecule has 0 atom stereocenters. The molecule has 6 heteroatoms. The van der Waals surface area contributed by atoms with Gasteiger partial charge in [0.05, 0.1) is 18.4 Å². The first-order valence-corrected chi connectivity index (χ1v) is 9.24. The zero-order valence-corrected chi connectivity index (χ0v) is 16.7. The summed E-state index contributed by atoms with van der Waals surface area (Å²) in [6.07, 6.45) is 1.70. The molecule has 0 aromatic heterocycles. The summed E-state index contributed by atoms with van der Waals surface area (Å²) in [5.41, 5.74) is 3.16. The number of benzene rings is 3. The molecule has 30 heavy (non-hydrogen) atoms. The van der Waals surface area contributed by atoms with Gasteiger partial charge in [-0.1, -0.05) is 12.1 Å². The minimum atomic E-state index is -0.978. The maximum absolute atomic E-state index is 11.3. The number of hydrogen-bond donors (Lipinski definition) is 1. The predicted octanol–water partition coefficient (Wildman–Crippen LogP) is 4.93. The van der Waals surface area contributed by atoms with Gasteiger partial charge in [0.25, 0.3) is 0 Å². The van der Waals surface area contributed by atoms with Gasteiger partial charge in [-0.3, -0.25) is 9.79 Å². The second-order valence-electron chi connectivity index (χ2n) is 6.57. The van der Waals surface area contributed by atoms with Gasteiger partial charge >= 0.3 is 5.97 Å². The van der Waals surface area contributed by atoms with Crippen LogP contribution in [0.1, 0.15) is 38.8 Å². The fourth-order valence-corrected chi connectivity index (χ4v) is 2.77. The van der Waals surface area contributed by atoms with E-state index in [2.05, 4.69) is 4.99 Å². The SMILES string of the molecule is COc1cc(C=Nc2ccc(C(C)=O)cc2)ccc1OCc1cccc(C(=O)O)c1. The lowest BCUT2D eigenvalue weighted by Crippen LogP contribution is -2.01. The molecule has 0 unspecified atom stereocenters. The van der Waals surface area contributed by atoms with E-state index in [9.17, 15) is 9.59 Å². The topological polar surface area (TPSA) is 85.2 Å². The first-order valence-electron chi connectivity index (χ1n) is 9.24. The highest BCUT2D eigenvalue weighted by molar-refractivity contribution is 5.94. The van der Waals surface area contributed by atoms with Crippen LogP contribution in [0.4, 0.5) is 5.69 Å². The van der Waals surface area contributed by atoms with Crippen molar-refractivity contribution in [3.8, 4) is 11.5 Å². The number of carbonyl (C=O) groups is 2. The van der Waals surface area contributed by atoms with E-state index < -0.39 is 5.97 Å². The van der Waals surface area contributed by atoms with Crippen LogP contribution in [-0.2, 0) is 6.61 Å². The van der Waals surface area contributed by atoms with Crippen LogP contribution in [0.15, 0.2) is 71.7 Å². The third-order valence-corrected chi connectivity index (χ3v) is 4.39. The summed E-state index contributed by atoms with van der Waals surface area (Å²) in [4.78, 5) is 26.8. The quantitative estimate of drug-likeness (QED) is 0.426. The molecule has 0 saturated carbocycles. The first kappa shape index (κ1) is 20.8. The summed E-state index contributed by atoms with van der Waals surface area (Å²) in [6.45, 7) is 1.74. The summed E-state index contributed by atoms with van der Waals surface area (Å²) < 4.78 is 11.2. The van der Waals surface area contributed by atoms with E-state index in [1.54, 1.807) is 67.9 Å². The van der Waals surface area contributed by atoms with E-state index >= 15 is 0 Å². The largest absolute Gasteiger partial charge is 0.493 e. The Kier molecular flexibility index (Phi) is 6.60. The second kappa shape index (κ2) is 9.52. The highest BCUT2D eigenvalue weighted by atomic mass is 16.5. The molecule has 0 amide bonds. The molecule has 1 N–H and O–H groups in total. The standard InChI is InChI=1S/C24H21NO5/c1-16(26)19-7-9-21(10-8-19)25-14-17-6-11-22(23(13-17)29-2)30-15-18-4-3-5-20(12-18)24(27)28/h3-14H,15H2,1-2H3,(H,27,28). The number of ketones is 1. The van der Waals surface area contributed by atoms with Crippen molar-refractivity contribution in [1.29, 1.82) is 0 Å². The number of carbonyl (C=O) groups excluding carboxylic acids is 1. The number of ether oxygens (including phenoxy) is 2. The van der Waals surface area contributed by atoms with Crippen molar-refractivity contribution in [3.63, 3.8) is 0 Å². The number of carboxylic acid groups (broad SMARTS) is 1. The fourth-order valence-electron chi connectivity index (χ4n) is 2.77. The van der Waals surface area contributed by atoms with E-state index in [0.29, 0.717) is 17.1 Å². The van der Waals surface area contributed by atoms with Crippen molar-refractivity contribution in [3.05, 3.63) is 89.0 Å². The van der Waals surface area contributed by atoms with Crippen LogP contribution in [0.3, 0.4) is 0 Å². The van der Waals surface area contributed by atoms with Crippen molar-refractivity contribution in [2.24, 2.45) is 4.99 Å².